The zero-order valence-corrected chi connectivity index (χ0v) is 16.3. The average molecular weight is 393 g/mol. The molecule has 26 heavy (non-hydrogen) atoms. The molecule has 1 aliphatic rings. The van der Waals surface area contributed by atoms with E-state index in [-0.39, 0.29) is 5.91 Å². The molecule has 7 heteroatoms. The number of rotatable bonds is 5. The fraction of sp³-hybridized carbons (Fsp3) is 0.368. The minimum Gasteiger partial charge on any atom is -0.481 e. The first-order chi connectivity index (χ1) is 12.4. The summed E-state index contributed by atoms with van der Waals surface area (Å²) < 4.78 is 5.75. The smallest absolute Gasteiger partial charge is 0.265 e. The van der Waals surface area contributed by atoms with Gasteiger partial charge in [-0.1, -0.05) is 11.6 Å². The summed E-state index contributed by atoms with van der Waals surface area (Å²) in [4.78, 5) is 25.6. The summed E-state index contributed by atoms with van der Waals surface area (Å²) in [7, 11) is 0. The lowest BCUT2D eigenvalue weighted by atomic mass is 9.95. The van der Waals surface area contributed by atoms with Crippen LogP contribution in [0.4, 0.5) is 5.00 Å². The van der Waals surface area contributed by atoms with Crippen LogP contribution in [-0.4, -0.2) is 17.9 Å². The highest BCUT2D eigenvalue weighted by Crippen LogP contribution is 2.38. The molecule has 1 heterocycles. The second kappa shape index (κ2) is 7.68. The molecule has 0 aliphatic heterocycles. The minimum atomic E-state index is -0.727. The van der Waals surface area contributed by atoms with Gasteiger partial charge in [-0.15, -0.1) is 11.3 Å². The number of benzene rings is 1. The normalized spacial score (nSPS) is 14.4. The van der Waals surface area contributed by atoms with Gasteiger partial charge in [-0.25, -0.2) is 0 Å². The number of ether oxygens (including phenoxy) is 1. The maximum atomic E-state index is 12.6. The Hall–Kier alpha value is -2.05. The Balaban J connectivity index is 1.77. The SMILES string of the molecule is Cc1cc(Cl)ccc1O[C@H](C)C(=O)Nc1sc2c(c1C(N)=O)CCCC2. The molecule has 5 nitrogen and oxygen atoms in total. The molecule has 3 rings (SSSR count). The summed E-state index contributed by atoms with van der Waals surface area (Å²) in [6.07, 6.45) is 3.15. The van der Waals surface area contributed by atoms with Gasteiger partial charge in [-0.2, -0.15) is 0 Å². The number of anilines is 1. The van der Waals surface area contributed by atoms with E-state index in [1.807, 2.05) is 6.92 Å². The number of aryl methyl sites for hydroxylation is 2. The topological polar surface area (TPSA) is 81.4 Å². The molecule has 0 bridgehead atoms. The van der Waals surface area contributed by atoms with E-state index >= 15 is 0 Å². The Morgan fingerprint density at radius 3 is 2.73 bits per heavy atom. The molecule has 1 atom stereocenters. The highest BCUT2D eigenvalue weighted by Gasteiger charge is 2.26. The third-order valence-electron chi connectivity index (χ3n) is 4.46. The predicted molar refractivity (Wildman–Crippen MR) is 104 cm³/mol. The number of nitrogens with two attached hydrogens (primary N) is 1. The molecule has 0 saturated heterocycles. The number of fused-ring (bicyclic) bond motifs is 1. The van der Waals surface area contributed by atoms with Gasteiger partial charge in [0.2, 0.25) is 0 Å². The average Bonchev–Trinajstić information content (AvgIpc) is 2.95. The van der Waals surface area contributed by atoms with Crippen LogP contribution in [0.3, 0.4) is 0 Å². The monoisotopic (exact) mass is 392 g/mol. The molecule has 2 aromatic rings. The lowest BCUT2D eigenvalue weighted by molar-refractivity contribution is -0.122. The van der Waals surface area contributed by atoms with Gasteiger partial charge in [0.15, 0.2) is 6.10 Å². The Morgan fingerprint density at radius 1 is 1.31 bits per heavy atom. The van der Waals surface area contributed by atoms with Crippen molar-refractivity contribution in [1.82, 2.24) is 0 Å². The van der Waals surface area contributed by atoms with E-state index < -0.39 is 12.0 Å². The summed E-state index contributed by atoms with van der Waals surface area (Å²) in [5.41, 5.74) is 7.86. The number of thiophene rings is 1. The summed E-state index contributed by atoms with van der Waals surface area (Å²) in [5.74, 6) is -0.222. The number of primary amides is 1. The van der Waals surface area contributed by atoms with Crippen LogP contribution in [0.15, 0.2) is 18.2 Å². The standard InChI is InChI=1S/C19H21ClN2O3S/c1-10-9-12(20)7-8-14(10)25-11(2)18(24)22-19-16(17(21)23)13-5-3-4-6-15(13)26-19/h7-9,11H,3-6H2,1-2H3,(H2,21,23)(H,22,24)/t11-/m1/s1. The van der Waals surface area contributed by atoms with Gasteiger partial charge in [-0.3, -0.25) is 9.59 Å². The molecule has 1 aliphatic carbocycles. The van der Waals surface area contributed by atoms with E-state index in [1.165, 1.54) is 11.3 Å². The Kier molecular flexibility index (Phi) is 5.53. The van der Waals surface area contributed by atoms with Crippen molar-refractivity contribution in [2.75, 3.05) is 5.32 Å². The van der Waals surface area contributed by atoms with Crippen molar-refractivity contribution < 1.29 is 14.3 Å². The van der Waals surface area contributed by atoms with Crippen LogP contribution < -0.4 is 15.8 Å². The van der Waals surface area contributed by atoms with Crippen LogP contribution in [0, 0.1) is 6.92 Å². The van der Waals surface area contributed by atoms with Crippen molar-refractivity contribution in [3.8, 4) is 5.75 Å². The van der Waals surface area contributed by atoms with Gasteiger partial charge in [0.25, 0.3) is 11.8 Å². The third kappa shape index (κ3) is 3.86. The summed E-state index contributed by atoms with van der Waals surface area (Å²) in [6, 6.07) is 5.23. The lowest BCUT2D eigenvalue weighted by Gasteiger charge is -2.16. The Morgan fingerprint density at radius 2 is 2.04 bits per heavy atom. The van der Waals surface area contributed by atoms with Crippen molar-refractivity contribution in [2.24, 2.45) is 5.73 Å². The molecule has 0 spiro atoms. The molecule has 0 radical (unpaired) electrons. The summed E-state index contributed by atoms with van der Waals surface area (Å²) >= 11 is 7.38. The molecule has 1 aromatic carbocycles. The summed E-state index contributed by atoms with van der Waals surface area (Å²) in [6.45, 7) is 3.53. The van der Waals surface area contributed by atoms with Crippen molar-refractivity contribution >= 4 is 39.8 Å². The Labute approximate surface area is 161 Å². The fourth-order valence-corrected chi connectivity index (χ4v) is 4.64. The van der Waals surface area contributed by atoms with E-state index in [1.54, 1.807) is 25.1 Å². The molecule has 1 aromatic heterocycles. The fourth-order valence-electron chi connectivity index (χ4n) is 3.12. The number of hydrogen-bond donors (Lipinski definition) is 2. The van der Waals surface area contributed by atoms with Crippen LogP contribution >= 0.6 is 22.9 Å². The number of amides is 2. The van der Waals surface area contributed by atoms with Crippen LogP contribution in [0.5, 0.6) is 5.75 Å². The number of carbonyl (C=O) groups excluding carboxylic acids is 2. The number of nitrogens with one attached hydrogen (secondary N) is 1. The maximum Gasteiger partial charge on any atom is 0.265 e. The van der Waals surface area contributed by atoms with Crippen molar-refractivity contribution in [2.45, 2.75) is 45.6 Å². The first kappa shape index (κ1) is 18.7. The quantitative estimate of drug-likeness (QED) is 0.803. The van der Waals surface area contributed by atoms with Gasteiger partial charge in [-0.05, 0) is 68.9 Å². The van der Waals surface area contributed by atoms with E-state index in [0.29, 0.717) is 21.3 Å². The second-order valence-corrected chi connectivity index (χ2v) is 7.98. The van der Waals surface area contributed by atoms with Crippen LogP contribution in [-0.2, 0) is 17.6 Å². The van der Waals surface area contributed by atoms with E-state index in [9.17, 15) is 9.59 Å². The first-order valence-corrected chi connectivity index (χ1v) is 9.74. The molecule has 0 unspecified atom stereocenters. The molecular weight excluding hydrogens is 372 g/mol. The van der Waals surface area contributed by atoms with Gasteiger partial charge < -0.3 is 15.8 Å². The lowest BCUT2D eigenvalue weighted by Crippen LogP contribution is -2.31. The van der Waals surface area contributed by atoms with Crippen LogP contribution in [0.2, 0.25) is 5.02 Å². The van der Waals surface area contributed by atoms with E-state index in [4.69, 9.17) is 22.1 Å². The van der Waals surface area contributed by atoms with Gasteiger partial charge in [0, 0.05) is 9.90 Å². The maximum absolute atomic E-state index is 12.6. The van der Waals surface area contributed by atoms with E-state index in [0.717, 1.165) is 41.7 Å². The Bertz CT molecular complexity index is 863. The molecule has 2 amide bonds. The first-order valence-electron chi connectivity index (χ1n) is 8.55. The molecule has 138 valence electrons. The van der Waals surface area contributed by atoms with Gasteiger partial charge >= 0.3 is 0 Å². The molecule has 0 saturated carbocycles. The van der Waals surface area contributed by atoms with Crippen molar-refractivity contribution in [1.29, 1.82) is 0 Å². The van der Waals surface area contributed by atoms with Crippen LogP contribution in [0.1, 0.15) is 46.1 Å². The van der Waals surface area contributed by atoms with Crippen LogP contribution in [0.25, 0.3) is 0 Å². The highest BCUT2D eigenvalue weighted by atomic mass is 35.5. The van der Waals surface area contributed by atoms with Crippen molar-refractivity contribution in [3.05, 3.63) is 44.8 Å². The highest BCUT2D eigenvalue weighted by molar-refractivity contribution is 7.17. The summed E-state index contributed by atoms with van der Waals surface area (Å²) in [5, 5.41) is 3.97. The number of halogens is 1. The molecule has 3 N–H and O–H groups in total. The molecular formula is C19H21ClN2O3S. The number of carbonyl (C=O) groups is 2. The number of hydrogen-bond acceptors (Lipinski definition) is 4. The molecule has 0 fully saturated rings. The van der Waals surface area contributed by atoms with Crippen molar-refractivity contribution in [3.63, 3.8) is 0 Å². The minimum absolute atomic E-state index is 0.319. The van der Waals surface area contributed by atoms with E-state index in [2.05, 4.69) is 5.32 Å². The third-order valence-corrected chi connectivity index (χ3v) is 5.91. The predicted octanol–water partition coefficient (Wildman–Crippen LogP) is 4.09. The largest absolute Gasteiger partial charge is 0.481 e. The van der Waals surface area contributed by atoms with Gasteiger partial charge in [0.1, 0.15) is 10.8 Å². The second-order valence-electron chi connectivity index (χ2n) is 6.44. The van der Waals surface area contributed by atoms with Gasteiger partial charge in [0.05, 0.1) is 5.56 Å². The zero-order valence-electron chi connectivity index (χ0n) is 14.7. The zero-order chi connectivity index (χ0) is 18.8.